The lowest BCUT2D eigenvalue weighted by Gasteiger charge is -2.14. The van der Waals surface area contributed by atoms with Crippen molar-refractivity contribution in [3.8, 4) is 16.9 Å². The van der Waals surface area contributed by atoms with Crippen molar-refractivity contribution in [2.75, 3.05) is 6.61 Å². The molecule has 0 aliphatic rings. The van der Waals surface area contributed by atoms with Crippen molar-refractivity contribution in [3.05, 3.63) is 54.1 Å². The molecule has 3 heteroatoms. The van der Waals surface area contributed by atoms with Gasteiger partial charge in [0, 0.05) is 6.42 Å². The quantitative estimate of drug-likeness (QED) is 0.369. The summed E-state index contributed by atoms with van der Waals surface area (Å²) in [5.41, 5.74) is 3.29. The Morgan fingerprint density at radius 1 is 0.885 bits per heavy atom. The van der Waals surface area contributed by atoms with Crippen LogP contribution in [0, 0.1) is 0 Å². The van der Waals surface area contributed by atoms with Gasteiger partial charge in [-0.1, -0.05) is 63.1 Å². The predicted molar refractivity (Wildman–Crippen MR) is 106 cm³/mol. The van der Waals surface area contributed by atoms with Gasteiger partial charge >= 0.3 is 5.97 Å². The number of ether oxygens (including phenoxy) is 2. The van der Waals surface area contributed by atoms with Gasteiger partial charge in [0.2, 0.25) is 0 Å². The van der Waals surface area contributed by atoms with Crippen LogP contribution in [0.3, 0.4) is 0 Å². The number of hydrogen-bond donors (Lipinski definition) is 0. The molecule has 0 radical (unpaired) electrons. The molecule has 2 aromatic rings. The van der Waals surface area contributed by atoms with Crippen LogP contribution in [0.2, 0.25) is 0 Å². The molecule has 0 bridgehead atoms. The third-order valence-corrected chi connectivity index (χ3v) is 4.33. The summed E-state index contributed by atoms with van der Waals surface area (Å²) < 4.78 is 11.1. The van der Waals surface area contributed by atoms with Gasteiger partial charge in [-0.3, -0.25) is 4.79 Å². The molecule has 2 rings (SSSR count). The number of carbonyl (C=O) groups is 1. The molecule has 0 heterocycles. The highest BCUT2D eigenvalue weighted by atomic mass is 16.5. The number of hydrogen-bond acceptors (Lipinski definition) is 3. The highest BCUT2D eigenvalue weighted by Crippen LogP contribution is 2.25. The standard InChI is InChI=1S/C23H30O3/c1-4-6-7-8-23(24)26-18(3)19-9-11-20(12-10-19)21-13-15-22(16-14-21)25-17-5-2/h9-16,18H,4-8,17H2,1-3H3. The van der Waals surface area contributed by atoms with Gasteiger partial charge in [-0.15, -0.1) is 0 Å². The minimum Gasteiger partial charge on any atom is -0.494 e. The summed E-state index contributed by atoms with van der Waals surface area (Å²) in [5, 5.41) is 0. The van der Waals surface area contributed by atoms with E-state index < -0.39 is 0 Å². The van der Waals surface area contributed by atoms with Gasteiger partial charge in [-0.05, 0) is 48.6 Å². The Morgan fingerprint density at radius 2 is 1.50 bits per heavy atom. The third-order valence-electron chi connectivity index (χ3n) is 4.33. The van der Waals surface area contributed by atoms with Gasteiger partial charge < -0.3 is 9.47 Å². The Kier molecular flexibility index (Phi) is 8.20. The van der Waals surface area contributed by atoms with E-state index in [4.69, 9.17) is 9.47 Å². The predicted octanol–water partition coefficient (Wildman–Crippen LogP) is 6.33. The first-order valence-corrected chi connectivity index (χ1v) is 9.66. The van der Waals surface area contributed by atoms with Crippen LogP contribution in [0.4, 0.5) is 0 Å². The Balaban J connectivity index is 1.93. The maximum Gasteiger partial charge on any atom is 0.306 e. The van der Waals surface area contributed by atoms with Crippen molar-refractivity contribution in [3.63, 3.8) is 0 Å². The highest BCUT2D eigenvalue weighted by molar-refractivity contribution is 5.69. The molecule has 0 aliphatic carbocycles. The molecular formula is C23H30O3. The Bertz CT molecular complexity index is 659. The summed E-state index contributed by atoms with van der Waals surface area (Å²) >= 11 is 0. The van der Waals surface area contributed by atoms with Crippen molar-refractivity contribution in [2.45, 2.75) is 59.0 Å². The van der Waals surface area contributed by atoms with Crippen LogP contribution in [0.1, 0.15) is 64.5 Å². The van der Waals surface area contributed by atoms with Crippen molar-refractivity contribution >= 4 is 5.97 Å². The van der Waals surface area contributed by atoms with E-state index in [2.05, 4.69) is 38.1 Å². The van der Waals surface area contributed by atoms with E-state index >= 15 is 0 Å². The third kappa shape index (κ3) is 6.21. The fraction of sp³-hybridized carbons (Fsp3) is 0.435. The van der Waals surface area contributed by atoms with Gasteiger partial charge in [-0.25, -0.2) is 0 Å². The van der Waals surface area contributed by atoms with Crippen LogP contribution in [0.25, 0.3) is 11.1 Å². The number of carbonyl (C=O) groups excluding carboxylic acids is 1. The molecule has 1 unspecified atom stereocenters. The van der Waals surface area contributed by atoms with Crippen LogP contribution in [0.5, 0.6) is 5.75 Å². The second kappa shape index (κ2) is 10.6. The number of unbranched alkanes of at least 4 members (excludes halogenated alkanes) is 2. The molecule has 0 aliphatic heterocycles. The molecule has 0 saturated heterocycles. The molecule has 140 valence electrons. The van der Waals surface area contributed by atoms with Crippen molar-refractivity contribution in [2.24, 2.45) is 0 Å². The topological polar surface area (TPSA) is 35.5 Å². The lowest BCUT2D eigenvalue weighted by Crippen LogP contribution is -2.08. The van der Waals surface area contributed by atoms with E-state index in [0.29, 0.717) is 6.42 Å². The summed E-state index contributed by atoms with van der Waals surface area (Å²) in [7, 11) is 0. The summed E-state index contributed by atoms with van der Waals surface area (Å²) in [5.74, 6) is 0.786. The molecule has 1 atom stereocenters. The fourth-order valence-corrected chi connectivity index (χ4v) is 2.75. The zero-order chi connectivity index (χ0) is 18.8. The van der Waals surface area contributed by atoms with Crippen molar-refractivity contribution in [1.82, 2.24) is 0 Å². The summed E-state index contributed by atoms with van der Waals surface area (Å²) in [6, 6.07) is 16.3. The van der Waals surface area contributed by atoms with Crippen LogP contribution in [0.15, 0.2) is 48.5 Å². The molecule has 0 amide bonds. The maximum absolute atomic E-state index is 11.9. The smallest absolute Gasteiger partial charge is 0.306 e. The Hall–Kier alpha value is -2.29. The Morgan fingerprint density at radius 3 is 2.08 bits per heavy atom. The monoisotopic (exact) mass is 354 g/mol. The van der Waals surface area contributed by atoms with E-state index in [1.54, 1.807) is 0 Å². The minimum atomic E-state index is -0.219. The minimum absolute atomic E-state index is 0.113. The van der Waals surface area contributed by atoms with Gasteiger partial charge in [0.25, 0.3) is 0 Å². The summed E-state index contributed by atoms with van der Waals surface area (Å²) in [6.45, 7) is 6.89. The first-order chi connectivity index (χ1) is 12.6. The average Bonchev–Trinajstić information content (AvgIpc) is 2.67. The highest BCUT2D eigenvalue weighted by Gasteiger charge is 2.11. The lowest BCUT2D eigenvalue weighted by atomic mass is 10.0. The van der Waals surface area contributed by atoms with E-state index in [1.807, 2.05) is 31.2 Å². The average molecular weight is 354 g/mol. The van der Waals surface area contributed by atoms with Crippen molar-refractivity contribution in [1.29, 1.82) is 0 Å². The first kappa shape index (κ1) is 20.0. The number of esters is 1. The molecule has 0 fully saturated rings. The fourth-order valence-electron chi connectivity index (χ4n) is 2.75. The zero-order valence-electron chi connectivity index (χ0n) is 16.2. The van der Waals surface area contributed by atoms with Crippen LogP contribution < -0.4 is 4.74 Å². The Labute approximate surface area is 157 Å². The number of rotatable bonds is 10. The van der Waals surface area contributed by atoms with Crippen LogP contribution in [-0.4, -0.2) is 12.6 Å². The zero-order valence-corrected chi connectivity index (χ0v) is 16.2. The molecule has 26 heavy (non-hydrogen) atoms. The van der Waals surface area contributed by atoms with Crippen LogP contribution >= 0.6 is 0 Å². The second-order valence-electron chi connectivity index (χ2n) is 6.58. The van der Waals surface area contributed by atoms with Gasteiger partial charge in [0.15, 0.2) is 0 Å². The lowest BCUT2D eigenvalue weighted by molar-refractivity contribution is -0.148. The molecule has 0 spiro atoms. The van der Waals surface area contributed by atoms with Gasteiger partial charge in [-0.2, -0.15) is 0 Å². The van der Waals surface area contributed by atoms with Crippen molar-refractivity contribution < 1.29 is 14.3 Å². The molecule has 0 aromatic heterocycles. The molecule has 0 saturated carbocycles. The van der Waals surface area contributed by atoms with E-state index in [0.717, 1.165) is 54.7 Å². The van der Waals surface area contributed by atoms with Gasteiger partial charge in [0.05, 0.1) is 6.61 Å². The molecule has 3 nitrogen and oxygen atoms in total. The van der Waals surface area contributed by atoms with Gasteiger partial charge in [0.1, 0.15) is 11.9 Å². The van der Waals surface area contributed by atoms with E-state index in [-0.39, 0.29) is 12.1 Å². The normalized spacial score (nSPS) is 11.8. The van der Waals surface area contributed by atoms with Crippen LogP contribution in [-0.2, 0) is 9.53 Å². The maximum atomic E-state index is 11.9. The SMILES string of the molecule is CCCCCC(=O)OC(C)c1ccc(-c2ccc(OCCC)cc2)cc1. The van der Waals surface area contributed by atoms with E-state index in [1.165, 1.54) is 0 Å². The molecule has 2 aromatic carbocycles. The summed E-state index contributed by atoms with van der Waals surface area (Å²) in [6.07, 6.45) is 4.37. The first-order valence-electron chi connectivity index (χ1n) is 9.66. The largest absolute Gasteiger partial charge is 0.494 e. The molecule has 0 N–H and O–H groups in total. The number of benzene rings is 2. The molecular weight excluding hydrogens is 324 g/mol. The summed E-state index contributed by atoms with van der Waals surface area (Å²) in [4.78, 5) is 11.9. The van der Waals surface area contributed by atoms with E-state index in [9.17, 15) is 4.79 Å². The second-order valence-corrected chi connectivity index (χ2v) is 6.58.